The van der Waals surface area contributed by atoms with E-state index in [-0.39, 0.29) is 5.92 Å². The molecule has 0 unspecified atom stereocenters. The molecule has 0 amide bonds. The predicted octanol–water partition coefficient (Wildman–Crippen LogP) is 5.11. The Kier molecular flexibility index (Phi) is 7.32. The van der Waals surface area contributed by atoms with Gasteiger partial charge in [0.15, 0.2) is 0 Å². The predicted molar refractivity (Wildman–Crippen MR) is 120 cm³/mol. The molecule has 1 aliphatic carbocycles. The number of nitrogens with zero attached hydrogens (tertiary/aromatic N) is 1. The van der Waals surface area contributed by atoms with Gasteiger partial charge in [0.2, 0.25) is 0 Å². The molecule has 2 fully saturated rings. The van der Waals surface area contributed by atoms with Crippen molar-refractivity contribution in [2.45, 2.75) is 58.5 Å². The van der Waals surface area contributed by atoms with Crippen molar-refractivity contribution in [1.82, 2.24) is 5.32 Å². The molecule has 0 radical (unpaired) electrons. The second kappa shape index (κ2) is 9.93. The average molecular weight is 395 g/mol. The zero-order chi connectivity index (χ0) is 20.8. The van der Waals surface area contributed by atoms with Crippen LogP contribution in [0, 0.1) is 12.8 Å². The Morgan fingerprint density at radius 3 is 2.24 bits per heavy atom. The van der Waals surface area contributed by atoms with Crippen LogP contribution in [0.5, 0.6) is 0 Å². The van der Waals surface area contributed by atoms with Crippen LogP contribution in [0.2, 0.25) is 0 Å². The maximum absolute atomic E-state index is 10.9. The van der Waals surface area contributed by atoms with E-state index in [4.69, 9.17) is 5.11 Å². The van der Waals surface area contributed by atoms with Gasteiger partial charge in [0.1, 0.15) is 0 Å². The fourth-order valence-corrected chi connectivity index (χ4v) is 4.47. The third-order valence-corrected chi connectivity index (χ3v) is 6.18. The van der Waals surface area contributed by atoms with Gasteiger partial charge in [-0.15, -0.1) is 0 Å². The van der Waals surface area contributed by atoms with Gasteiger partial charge in [0.05, 0.1) is 5.92 Å². The van der Waals surface area contributed by atoms with Gasteiger partial charge in [-0.25, -0.2) is 0 Å². The molecule has 1 aliphatic heterocycles. The summed E-state index contributed by atoms with van der Waals surface area (Å²) in [4.78, 5) is 13.4. The van der Waals surface area contributed by atoms with Crippen LogP contribution in [0.15, 0.2) is 48.5 Å². The largest absolute Gasteiger partial charge is 0.481 e. The number of benzene rings is 2. The van der Waals surface area contributed by atoms with Crippen LogP contribution < -0.4 is 10.2 Å². The van der Waals surface area contributed by atoms with Gasteiger partial charge in [-0.2, -0.15) is 0 Å². The van der Waals surface area contributed by atoms with E-state index in [0.29, 0.717) is 12.1 Å². The molecule has 0 bridgehead atoms. The molecule has 4 heteroatoms. The third kappa shape index (κ3) is 4.99. The molecule has 1 heterocycles. The van der Waals surface area contributed by atoms with E-state index >= 15 is 0 Å². The van der Waals surface area contributed by atoms with Crippen molar-refractivity contribution < 1.29 is 9.90 Å². The molecule has 0 atom stereocenters. The average Bonchev–Trinajstić information content (AvgIpc) is 2.73. The molecule has 2 aliphatic rings. The maximum atomic E-state index is 10.9. The Morgan fingerprint density at radius 2 is 1.62 bits per heavy atom. The van der Waals surface area contributed by atoms with E-state index in [1.165, 1.54) is 22.4 Å². The van der Waals surface area contributed by atoms with Crippen LogP contribution >= 0.6 is 0 Å². The summed E-state index contributed by atoms with van der Waals surface area (Å²) in [7, 11) is 0. The molecule has 0 spiro atoms. The molecule has 29 heavy (non-hydrogen) atoms. The molecular weight excluding hydrogens is 360 g/mol. The smallest absolute Gasteiger partial charge is 0.306 e. The lowest BCUT2D eigenvalue weighted by atomic mass is 9.79. The first kappa shape index (κ1) is 21.4. The molecule has 0 aromatic heterocycles. The summed E-state index contributed by atoms with van der Waals surface area (Å²) in [5.41, 5.74) is 5.26. The first-order chi connectivity index (χ1) is 14.1. The van der Waals surface area contributed by atoms with Crippen molar-refractivity contribution in [3.63, 3.8) is 0 Å². The number of anilines is 1. The first-order valence-corrected chi connectivity index (χ1v) is 11.0. The summed E-state index contributed by atoms with van der Waals surface area (Å²) in [6, 6.07) is 18.1. The minimum Gasteiger partial charge on any atom is -0.481 e. The Morgan fingerprint density at radius 1 is 0.966 bits per heavy atom. The Balaban J connectivity index is 0.00000117. The number of carboxylic acids is 1. The van der Waals surface area contributed by atoms with Crippen molar-refractivity contribution in [2.75, 3.05) is 18.0 Å². The van der Waals surface area contributed by atoms with Gasteiger partial charge >= 0.3 is 5.97 Å². The minimum absolute atomic E-state index is 0.133. The Bertz CT molecular complexity index is 792. The number of aliphatic carboxylic acids is 1. The highest BCUT2D eigenvalue weighted by Crippen LogP contribution is 2.33. The third-order valence-electron chi connectivity index (χ3n) is 6.18. The highest BCUT2D eigenvalue weighted by molar-refractivity contribution is 5.74. The van der Waals surface area contributed by atoms with Gasteiger partial charge in [-0.3, -0.25) is 4.79 Å². The molecule has 2 aromatic carbocycles. The van der Waals surface area contributed by atoms with Gasteiger partial charge in [0.25, 0.3) is 0 Å². The molecular formula is C25H34N2O2. The normalized spacial score (nSPS) is 21.7. The van der Waals surface area contributed by atoms with Crippen molar-refractivity contribution >= 4 is 11.7 Å². The number of carbonyl (C=O) groups is 1. The van der Waals surface area contributed by atoms with E-state index in [2.05, 4.69) is 65.7 Å². The second-order valence-electron chi connectivity index (χ2n) is 7.95. The number of carboxylic acid groups (broad SMARTS) is 1. The van der Waals surface area contributed by atoms with Gasteiger partial charge in [-0.1, -0.05) is 56.3 Å². The van der Waals surface area contributed by atoms with Crippen LogP contribution in [-0.2, 0) is 4.79 Å². The molecule has 2 N–H and O–H groups in total. The molecule has 1 saturated carbocycles. The monoisotopic (exact) mass is 394 g/mol. The number of hydrogen-bond donors (Lipinski definition) is 2. The lowest BCUT2D eigenvalue weighted by Crippen LogP contribution is -2.51. The van der Waals surface area contributed by atoms with Crippen LogP contribution in [0.3, 0.4) is 0 Å². The van der Waals surface area contributed by atoms with Crippen LogP contribution in [0.4, 0.5) is 5.69 Å². The molecule has 4 rings (SSSR count). The topological polar surface area (TPSA) is 52.6 Å². The Hall–Kier alpha value is -2.33. The summed E-state index contributed by atoms with van der Waals surface area (Å²) >= 11 is 0. The molecule has 4 nitrogen and oxygen atoms in total. The second-order valence-corrected chi connectivity index (χ2v) is 7.95. The van der Waals surface area contributed by atoms with Gasteiger partial charge < -0.3 is 15.3 Å². The van der Waals surface area contributed by atoms with Crippen molar-refractivity contribution in [3.8, 4) is 11.1 Å². The summed E-state index contributed by atoms with van der Waals surface area (Å²) in [6.07, 6.45) is 3.80. The Labute approximate surface area is 174 Å². The summed E-state index contributed by atoms with van der Waals surface area (Å²) in [6.45, 7) is 8.32. The summed E-state index contributed by atoms with van der Waals surface area (Å²) < 4.78 is 0. The van der Waals surface area contributed by atoms with Crippen LogP contribution in [0.1, 0.15) is 45.1 Å². The van der Waals surface area contributed by atoms with E-state index in [1.54, 1.807) is 0 Å². The molecule has 2 aromatic rings. The zero-order valence-electron chi connectivity index (χ0n) is 17.9. The first-order valence-electron chi connectivity index (χ1n) is 11.0. The molecule has 1 saturated heterocycles. The van der Waals surface area contributed by atoms with Crippen molar-refractivity contribution in [1.29, 1.82) is 0 Å². The fourth-order valence-electron chi connectivity index (χ4n) is 4.47. The highest BCUT2D eigenvalue weighted by atomic mass is 16.4. The lowest BCUT2D eigenvalue weighted by Gasteiger charge is -2.40. The summed E-state index contributed by atoms with van der Waals surface area (Å²) in [5, 5.41) is 12.7. The van der Waals surface area contributed by atoms with Gasteiger partial charge in [-0.05, 0) is 55.4 Å². The maximum Gasteiger partial charge on any atom is 0.306 e. The highest BCUT2D eigenvalue weighted by Gasteiger charge is 2.35. The van der Waals surface area contributed by atoms with E-state index in [9.17, 15) is 4.79 Å². The van der Waals surface area contributed by atoms with E-state index in [1.807, 2.05) is 13.8 Å². The lowest BCUT2D eigenvalue weighted by molar-refractivity contribution is -0.145. The quantitative estimate of drug-likeness (QED) is 0.740. The number of rotatable bonds is 5. The number of hydrogen-bond acceptors (Lipinski definition) is 3. The zero-order valence-corrected chi connectivity index (χ0v) is 17.9. The molecule has 156 valence electrons. The van der Waals surface area contributed by atoms with Crippen molar-refractivity contribution in [3.05, 3.63) is 54.1 Å². The van der Waals surface area contributed by atoms with Gasteiger partial charge in [0, 0.05) is 30.9 Å². The van der Waals surface area contributed by atoms with Crippen LogP contribution in [0.25, 0.3) is 11.1 Å². The van der Waals surface area contributed by atoms with E-state index in [0.717, 1.165) is 38.8 Å². The van der Waals surface area contributed by atoms with Crippen molar-refractivity contribution in [2.24, 2.45) is 5.92 Å². The number of nitrogens with one attached hydrogen (secondary N) is 1. The van der Waals surface area contributed by atoms with E-state index < -0.39 is 5.97 Å². The SMILES string of the molecule is CC.Cc1c(-c2ccccc2)cccc1N1CCC(NC2CC(C(=O)O)C2)CC1. The number of piperidine rings is 1. The van der Waals surface area contributed by atoms with Crippen LogP contribution in [-0.4, -0.2) is 36.2 Å². The standard InChI is InChI=1S/C23H28N2O2.C2H6/c1-16-21(17-6-3-2-4-7-17)8-5-9-22(16)25-12-10-19(11-13-25)24-20-14-18(15-20)23(26)27;1-2/h2-9,18-20,24H,10-15H2,1H3,(H,26,27);1-2H3. The fraction of sp³-hybridized carbons (Fsp3) is 0.480. The minimum atomic E-state index is -0.642. The summed E-state index contributed by atoms with van der Waals surface area (Å²) in [5.74, 6) is -0.775.